The van der Waals surface area contributed by atoms with Gasteiger partial charge in [0.1, 0.15) is 5.03 Å². The van der Waals surface area contributed by atoms with E-state index in [4.69, 9.17) is 4.98 Å². The Kier molecular flexibility index (Phi) is 3.79. The Morgan fingerprint density at radius 2 is 1.58 bits per heavy atom. The maximum Gasteiger partial charge on any atom is 0.195 e. The lowest BCUT2D eigenvalue weighted by atomic mass is 10.0. The summed E-state index contributed by atoms with van der Waals surface area (Å²) in [6.45, 7) is 0. The van der Waals surface area contributed by atoms with Crippen LogP contribution in [0.2, 0.25) is 0 Å². The summed E-state index contributed by atoms with van der Waals surface area (Å²) >= 11 is 1.51. The molecule has 0 aliphatic heterocycles. The molecule has 0 saturated carbocycles. The maximum absolute atomic E-state index is 12.9. The standard InChI is InChI=1S/C21H15NOS/c1-24-21-18(20(23)15-8-3-2-4-9-15)13-16-12-11-14-7-5-6-10-17(14)19(16)22-21/h2-13H,1H3. The first-order valence-corrected chi connectivity index (χ1v) is 8.96. The van der Waals surface area contributed by atoms with E-state index in [1.807, 2.05) is 60.9 Å². The highest BCUT2D eigenvalue weighted by Crippen LogP contribution is 2.29. The Morgan fingerprint density at radius 3 is 2.38 bits per heavy atom. The van der Waals surface area contributed by atoms with Gasteiger partial charge in [-0.3, -0.25) is 4.79 Å². The summed E-state index contributed by atoms with van der Waals surface area (Å²) in [7, 11) is 0. The highest BCUT2D eigenvalue weighted by Gasteiger charge is 2.16. The van der Waals surface area contributed by atoms with E-state index in [-0.39, 0.29) is 5.78 Å². The number of aromatic nitrogens is 1. The average molecular weight is 329 g/mol. The predicted octanol–water partition coefficient (Wildman–Crippen LogP) is 5.34. The van der Waals surface area contributed by atoms with E-state index >= 15 is 0 Å². The lowest BCUT2D eigenvalue weighted by Gasteiger charge is -2.10. The van der Waals surface area contributed by atoms with E-state index in [1.165, 1.54) is 11.8 Å². The minimum Gasteiger partial charge on any atom is -0.289 e. The topological polar surface area (TPSA) is 30.0 Å². The van der Waals surface area contributed by atoms with Crippen molar-refractivity contribution in [3.8, 4) is 0 Å². The van der Waals surface area contributed by atoms with Crippen LogP contribution in [-0.4, -0.2) is 17.0 Å². The quantitative estimate of drug-likeness (QED) is 0.289. The largest absolute Gasteiger partial charge is 0.289 e. The third kappa shape index (κ3) is 2.47. The molecule has 116 valence electrons. The fraction of sp³-hybridized carbons (Fsp3) is 0.0476. The SMILES string of the molecule is CSc1nc2c(ccc3ccccc32)cc1C(=O)c1ccccc1. The minimum atomic E-state index is 0.0162. The molecule has 0 spiro atoms. The lowest BCUT2D eigenvalue weighted by molar-refractivity contribution is 0.103. The monoisotopic (exact) mass is 329 g/mol. The molecule has 0 unspecified atom stereocenters. The molecule has 0 aliphatic carbocycles. The van der Waals surface area contributed by atoms with Gasteiger partial charge in [-0.15, -0.1) is 11.8 Å². The number of pyridine rings is 1. The van der Waals surface area contributed by atoms with Crippen LogP contribution >= 0.6 is 11.8 Å². The van der Waals surface area contributed by atoms with Gasteiger partial charge in [-0.1, -0.05) is 66.7 Å². The van der Waals surface area contributed by atoms with E-state index in [9.17, 15) is 4.79 Å². The third-order valence-electron chi connectivity index (χ3n) is 4.15. The smallest absolute Gasteiger partial charge is 0.195 e. The Morgan fingerprint density at radius 1 is 0.875 bits per heavy atom. The van der Waals surface area contributed by atoms with Crippen molar-refractivity contribution in [2.45, 2.75) is 5.03 Å². The summed E-state index contributed by atoms with van der Waals surface area (Å²) in [6.07, 6.45) is 1.96. The zero-order valence-corrected chi connectivity index (χ0v) is 14.0. The zero-order valence-electron chi connectivity index (χ0n) is 13.2. The van der Waals surface area contributed by atoms with Gasteiger partial charge >= 0.3 is 0 Å². The Labute approximate surface area is 144 Å². The highest BCUT2D eigenvalue weighted by molar-refractivity contribution is 7.98. The molecular formula is C21H15NOS. The van der Waals surface area contributed by atoms with Gasteiger partial charge in [-0.2, -0.15) is 0 Å². The number of ketones is 1. The summed E-state index contributed by atoms with van der Waals surface area (Å²) in [5.74, 6) is 0.0162. The van der Waals surface area contributed by atoms with Gasteiger partial charge in [0.25, 0.3) is 0 Å². The van der Waals surface area contributed by atoms with Gasteiger partial charge in [0.2, 0.25) is 0 Å². The van der Waals surface area contributed by atoms with Crippen LogP contribution in [0.15, 0.2) is 77.8 Å². The molecule has 3 aromatic carbocycles. The predicted molar refractivity (Wildman–Crippen MR) is 101 cm³/mol. The molecule has 0 aliphatic rings. The van der Waals surface area contributed by atoms with Crippen molar-refractivity contribution in [1.82, 2.24) is 4.98 Å². The number of thioether (sulfide) groups is 1. The molecule has 0 N–H and O–H groups in total. The molecule has 0 radical (unpaired) electrons. The van der Waals surface area contributed by atoms with Gasteiger partial charge in [-0.05, 0) is 17.7 Å². The van der Waals surface area contributed by atoms with Crippen LogP contribution in [0.4, 0.5) is 0 Å². The Hall–Kier alpha value is -2.65. The summed E-state index contributed by atoms with van der Waals surface area (Å²) < 4.78 is 0. The summed E-state index contributed by atoms with van der Waals surface area (Å²) in [4.78, 5) is 17.7. The van der Waals surface area contributed by atoms with Crippen molar-refractivity contribution in [3.05, 3.63) is 83.9 Å². The molecule has 1 heterocycles. The fourth-order valence-electron chi connectivity index (χ4n) is 2.96. The summed E-state index contributed by atoms with van der Waals surface area (Å²) in [5.41, 5.74) is 2.30. The number of hydrogen-bond donors (Lipinski definition) is 0. The maximum atomic E-state index is 12.9. The fourth-order valence-corrected chi connectivity index (χ4v) is 3.51. The summed E-state index contributed by atoms with van der Waals surface area (Å²) in [5, 5.41) is 4.04. The second-order valence-electron chi connectivity index (χ2n) is 5.60. The van der Waals surface area contributed by atoms with Crippen molar-refractivity contribution < 1.29 is 4.79 Å². The summed E-state index contributed by atoms with van der Waals surface area (Å²) in [6, 6.07) is 23.7. The number of rotatable bonds is 3. The van der Waals surface area contributed by atoms with Crippen LogP contribution < -0.4 is 0 Å². The molecule has 0 bridgehead atoms. The van der Waals surface area contributed by atoms with Crippen LogP contribution in [0.1, 0.15) is 15.9 Å². The normalized spacial score (nSPS) is 11.0. The van der Waals surface area contributed by atoms with E-state index in [0.29, 0.717) is 11.1 Å². The van der Waals surface area contributed by atoms with Crippen LogP contribution in [0.25, 0.3) is 21.7 Å². The van der Waals surface area contributed by atoms with E-state index < -0.39 is 0 Å². The van der Waals surface area contributed by atoms with Crippen LogP contribution in [0, 0.1) is 0 Å². The van der Waals surface area contributed by atoms with Crippen molar-refractivity contribution in [3.63, 3.8) is 0 Å². The second-order valence-corrected chi connectivity index (χ2v) is 6.39. The van der Waals surface area contributed by atoms with Crippen molar-refractivity contribution in [1.29, 1.82) is 0 Å². The van der Waals surface area contributed by atoms with Gasteiger partial charge in [0.15, 0.2) is 5.78 Å². The van der Waals surface area contributed by atoms with Gasteiger partial charge in [0.05, 0.1) is 11.1 Å². The molecule has 3 heteroatoms. The Balaban J connectivity index is 1.97. The Bertz CT molecular complexity index is 1060. The molecule has 0 amide bonds. The molecule has 24 heavy (non-hydrogen) atoms. The minimum absolute atomic E-state index is 0.0162. The molecule has 4 rings (SSSR count). The van der Waals surface area contributed by atoms with Crippen LogP contribution in [0.3, 0.4) is 0 Å². The first kappa shape index (κ1) is 14.9. The van der Waals surface area contributed by atoms with E-state index in [2.05, 4.69) is 18.2 Å². The molecule has 0 fully saturated rings. The number of fused-ring (bicyclic) bond motifs is 3. The van der Waals surface area contributed by atoms with E-state index in [0.717, 1.165) is 26.7 Å². The number of hydrogen-bond acceptors (Lipinski definition) is 3. The highest BCUT2D eigenvalue weighted by atomic mass is 32.2. The number of nitrogens with zero attached hydrogens (tertiary/aromatic N) is 1. The third-order valence-corrected chi connectivity index (χ3v) is 4.85. The van der Waals surface area contributed by atoms with E-state index in [1.54, 1.807) is 0 Å². The molecule has 4 aromatic rings. The molecule has 0 saturated heterocycles. The molecule has 1 aromatic heterocycles. The average Bonchev–Trinajstić information content (AvgIpc) is 2.67. The number of carbonyl (C=O) groups excluding carboxylic acids is 1. The second kappa shape index (κ2) is 6.10. The van der Waals surface area contributed by atoms with Crippen LogP contribution in [-0.2, 0) is 0 Å². The van der Waals surface area contributed by atoms with Crippen molar-refractivity contribution in [2.75, 3.05) is 6.26 Å². The lowest BCUT2D eigenvalue weighted by Crippen LogP contribution is -2.04. The van der Waals surface area contributed by atoms with Gasteiger partial charge < -0.3 is 0 Å². The van der Waals surface area contributed by atoms with Gasteiger partial charge in [-0.25, -0.2) is 4.98 Å². The zero-order chi connectivity index (χ0) is 16.5. The number of benzene rings is 3. The first-order valence-electron chi connectivity index (χ1n) is 7.74. The van der Waals surface area contributed by atoms with Gasteiger partial charge in [0, 0.05) is 16.3 Å². The molecule has 2 nitrogen and oxygen atoms in total. The van der Waals surface area contributed by atoms with Crippen LogP contribution in [0.5, 0.6) is 0 Å². The van der Waals surface area contributed by atoms with Crippen molar-refractivity contribution >= 4 is 39.2 Å². The first-order chi connectivity index (χ1) is 11.8. The molecule has 0 atom stereocenters. The van der Waals surface area contributed by atoms with Crippen molar-refractivity contribution in [2.24, 2.45) is 0 Å². The molecular weight excluding hydrogens is 314 g/mol. The number of carbonyl (C=O) groups is 1.